The minimum absolute atomic E-state index is 0.199. The van der Waals surface area contributed by atoms with Gasteiger partial charge in [-0.1, -0.05) is 38.1 Å². The Balaban J connectivity index is 1.48. The quantitative estimate of drug-likeness (QED) is 0.202. The van der Waals surface area contributed by atoms with E-state index < -0.39 is 5.97 Å². The molecule has 212 valence electrons. The van der Waals surface area contributed by atoms with Crippen molar-refractivity contribution in [1.29, 1.82) is 0 Å². The topological polar surface area (TPSA) is 103 Å². The van der Waals surface area contributed by atoms with Crippen LogP contribution in [0.2, 0.25) is 0 Å². The highest BCUT2D eigenvalue weighted by Gasteiger charge is 2.18. The summed E-state index contributed by atoms with van der Waals surface area (Å²) in [6.07, 6.45) is 1.61. The van der Waals surface area contributed by atoms with Crippen LogP contribution in [0.4, 0.5) is 0 Å². The minimum Gasteiger partial charge on any atom is -0.496 e. The second kappa shape index (κ2) is 12.1. The molecule has 0 spiro atoms. The molecule has 5 rings (SSSR count). The molecule has 1 N–H and O–H groups in total. The van der Waals surface area contributed by atoms with Gasteiger partial charge in [-0.05, 0) is 95.8 Å². The summed E-state index contributed by atoms with van der Waals surface area (Å²) >= 11 is 0. The lowest BCUT2D eigenvalue weighted by molar-refractivity contribution is 0.0696. The summed E-state index contributed by atoms with van der Waals surface area (Å²) in [6.45, 7) is 6.39. The van der Waals surface area contributed by atoms with Gasteiger partial charge in [0.15, 0.2) is 5.82 Å². The molecule has 0 unspecified atom stereocenters. The molecule has 0 saturated heterocycles. The van der Waals surface area contributed by atoms with E-state index in [0.29, 0.717) is 22.5 Å². The molecular weight excluding hydrogens is 530 g/mol. The molecule has 0 amide bonds. The van der Waals surface area contributed by atoms with Gasteiger partial charge in [0.1, 0.15) is 18.1 Å². The number of rotatable bonds is 9. The standard InChI is InChI=1S/C34H31N3O5/c1-21(2)28-18-29(22(3)16-31(28)41-4)32-36-30-11-6-5-10-27(30)33(38)37(32)35-19-23-12-14-26(15-13-23)42-20-24-8-7-9-25(17-24)34(39)40/h5-19,21H,20H2,1-4H3,(H,39,40). The van der Waals surface area contributed by atoms with Crippen molar-refractivity contribution in [3.05, 3.63) is 123 Å². The van der Waals surface area contributed by atoms with Gasteiger partial charge in [-0.15, -0.1) is 0 Å². The van der Waals surface area contributed by atoms with Crippen LogP contribution in [-0.4, -0.2) is 34.1 Å². The zero-order chi connectivity index (χ0) is 29.8. The first-order valence-electron chi connectivity index (χ1n) is 13.6. The zero-order valence-corrected chi connectivity index (χ0v) is 23.9. The van der Waals surface area contributed by atoms with E-state index in [1.54, 1.807) is 49.7 Å². The number of carboxylic acid groups (broad SMARTS) is 1. The van der Waals surface area contributed by atoms with Crippen LogP contribution in [0.15, 0.2) is 94.8 Å². The van der Waals surface area contributed by atoms with Crippen LogP contribution < -0.4 is 15.0 Å². The van der Waals surface area contributed by atoms with Crippen molar-refractivity contribution >= 4 is 23.1 Å². The number of carboxylic acids is 1. The monoisotopic (exact) mass is 561 g/mol. The molecule has 0 aliphatic carbocycles. The van der Waals surface area contributed by atoms with Crippen molar-refractivity contribution in [3.63, 3.8) is 0 Å². The highest BCUT2D eigenvalue weighted by Crippen LogP contribution is 2.34. The summed E-state index contributed by atoms with van der Waals surface area (Å²) in [7, 11) is 1.65. The van der Waals surface area contributed by atoms with Crippen molar-refractivity contribution in [2.75, 3.05) is 7.11 Å². The fourth-order valence-corrected chi connectivity index (χ4v) is 4.71. The summed E-state index contributed by atoms with van der Waals surface area (Å²) in [6, 6.07) is 25.1. The van der Waals surface area contributed by atoms with Crippen molar-refractivity contribution in [2.45, 2.75) is 33.3 Å². The summed E-state index contributed by atoms with van der Waals surface area (Å²) in [4.78, 5) is 29.8. The molecule has 0 radical (unpaired) electrons. The minimum atomic E-state index is -0.980. The number of methoxy groups -OCH3 is 1. The van der Waals surface area contributed by atoms with E-state index in [1.165, 1.54) is 4.68 Å². The second-order valence-corrected chi connectivity index (χ2v) is 10.2. The molecule has 0 fully saturated rings. The number of benzene rings is 4. The largest absolute Gasteiger partial charge is 0.496 e. The van der Waals surface area contributed by atoms with Crippen LogP contribution >= 0.6 is 0 Å². The molecule has 5 aromatic rings. The fraction of sp³-hybridized carbons (Fsp3) is 0.176. The first kappa shape index (κ1) is 28.3. The van der Waals surface area contributed by atoms with E-state index in [2.05, 4.69) is 18.9 Å². The number of nitrogens with zero attached hydrogens (tertiary/aromatic N) is 3. The third kappa shape index (κ3) is 5.93. The van der Waals surface area contributed by atoms with Crippen LogP contribution in [0, 0.1) is 6.92 Å². The number of aromatic carboxylic acids is 1. The molecule has 1 heterocycles. The van der Waals surface area contributed by atoms with Gasteiger partial charge in [0.05, 0.1) is 29.8 Å². The Morgan fingerprint density at radius 3 is 2.50 bits per heavy atom. The van der Waals surface area contributed by atoms with Crippen LogP contribution in [0.5, 0.6) is 11.5 Å². The summed E-state index contributed by atoms with van der Waals surface area (Å²) in [5.74, 6) is 1.08. The molecule has 0 saturated carbocycles. The highest BCUT2D eigenvalue weighted by molar-refractivity contribution is 5.87. The number of carbonyl (C=O) groups is 1. The normalized spacial score (nSPS) is 11.4. The third-order valence-corrected chi connectivity index (χ3v) is 6.98. The van der Waals surface area contributed by atoms with Crippen LogP contribution in [0.1, 0.15) is 52.4 Å². The number of fused-ring (bicyclic) bond motifs is 1. The van der Waals surface area contributed by atoms with Crippen molar-refractivity contribution in [1.82, 2.24) is 9.66 Å². The first-order valence-corrected chi connectivity index (χ1v) is 13.6. The molecule has 0 aliphatic heterocycles. The van der Waals surface area contributed by atoms with Crippen LogP contribution in [-0.2, 0) is 6.61 Å². The fourth-order valence-electron chi connectivity index (χ4n) is 4.71. The summed E-state index contributed by atoms with van der Waals surface area (Å²) in [5, 5.41) is 14.3. The molecule has 0 bridgehead atoms. The average Bonchev–Trinajstić information content (AvgIpc) is 3.00. The molecule has 8 nitrogen and oxygen atoms in total. The maximum atomic E-state index is 13.7. The predicted molar refractivity (Wildman–Crippen MR) is 164 cm³/mol. The Labute approximate surface area is 243 Å². The van der Waals surface area contributed by atoms with Crippen LogP contribution in [0.25, 0.3) is 22.3 Å². The maximum absolute atomic E-state index is 13.7. The first-order chi connectivity index (χ1) is 20.2. The molecule has 1 aromatic heterocycles. The van der Waals surface area contributed by atoms with E-state index >= 15 is 0 Å². The Bertz CT molecular complexity index is 1860. The zero-order valence-electron chi connectivity index (χ0n) is 23.9. The summed E-state index contributed by atoms with van der Waals surface area (Å²) in [5.41, 5.74) is 4.79. The van der Waals surface area contributed by atoms with Crippen molar-refractivity contribution in [2.24, 2.45) is 5.10 Å². The number of aromatic nitrogens is 2. The Kier molecular flexibility index (Phi) is 8.15. The van der Waals surface area contributed by atoms with E-state index in [1.807, 2.05) is 55.5 Å². The lowest BCUT2D eigenvalue weighted by Crippen LogP contribution is -2.20. The van der Waals surface area contributed by atoms with Gasteiger partial charge in [0, 0.05) is 5.56 Å². The van der Waals surface area contributed by atoms with Gasteiger partial charge in [-0.25, -0.2) is 9.78 Å². The van der Waals surface area contributed by atoms with Gasteiger partial charge in [-0.3, -0.25) is 4.79 Å². The van der Waals surface area contributed by atoms with Gasteiger partial charge in [-0.2, -0.15) is 9.78 Å². The molecule has 42 heavy (non-hydrogen) atoms. The lowest BCUT2D eigenvalue weighted by atomic mass is 9.96. The summed E-state index contributed by atoms with van der Waals surface area (Å²) < 4.78 is 12.8. The molecule has 0 atom stereocenters. The van der Waals surface area contributed by atoms with Gasteiger partial charge < -0.3 is 14.6 Å². The lowest BCUT2D eigenvalue weighted by Gasteiger charge is -2.17. The Morgan fingerprint density at radius 1 is 1.02 bits per heavy atom. The van der Waals surface area contributed by atoms with Crippen molar-refractivity contribution < 1.29 is 19.4 Å². The van der Waals surface area contributed by atoms with E-state index in [4.69, 9.17) is 14.5 Å². The number of hydrogen-bond acceptors (Lipinski definition) is 6. The van der Waals surface area contributed by atoms with Gasteiger partial charge in [0.25, 0.3) is 5.56 Å². The number of hydrogen-bond donors (Lipinski definition) is 1. The van der Waals surface area contributed by atoms with Gasteiger partial charge in [0.2, 0.25) is 0 Å². The predicted octanol–water partition coefficient (Wildman–Crippen LogP) is 6.66. The molecule has 4 aromatic carbocycles. The number of aryl methyl sites for hydroxylation is 1. The SMILES string of the molecule is COc1cc(C)c(-c2nc3ccccc3c(=O)n2N=Cc2ccc(OCc3cccc(C(=O)O)c3)cc2)cc1C(C)C. The number of para-hydroxylation sites is 1. The third-order valence-electron chi connectivity index (χ3n) is 6.98. The smallest absolute Gasteiger partial charge is 0.335 e. The average molecular weight is 562 g/mol. The molecular formula is C34H31N3O5. The molecule has 0 aliphatic rings. The van der Waals surface area contributed by atoms with E-state index in [-0.39, 0.29) is 23.6 Å². The maximum Gasteiger partial charge on any atom is 0.335 e. The molecule has 8 heteroatoms. The van der Waals surface area contributed by atoms with E-state index in [0.717, 1.165) is 33.6 Å². The Morgan fingerprint density at radius 2 is 1.79 bits per heavy atom. The highest BCUT2D eigenvalue weighted by atomic mass is 16.5. The van der Waals surface area contributed by atoms with Crippen LogP contribution in [0.3, 0.4) is 0 Å². The second-order valence-electron chi connectivity index (χ2n) is 10.2. The van der Waals surface area contributed by atoms with Gasteiger partial charge >= 0.3 is 5.97 Å². The number of ether oxygens (including phenoxy) is 2. The van der Waals surface area contributed by atoms with Crippen molar-refractivity contribution in [3.8, 4) is 22.9 Å². The Hall–Kier alpha value is -5.24. The van der Waals surface area contributed by atoms with E-state index in [9.17, 15) is 14.7 Å².